The maximum atomic E-state index is 2.39. The SMILES string of the molecule is C1CCCC1.C1CCCCC1.CC.CC.CC(C)c1ccccc1.CC1CC1.CCC1CC1.CCc1ccccc1.CN1CCCCC1.CN1CCN(C)CC1.c1ccccc1.c1ccccc1. The number of likely N-dealkylation sites (tertiary alicyclic amines) is 1. The van der Waals surface area contributed by atoms with E-state index in [9.17, 15) is 0 Å². The molecule has 4 aromatic carbocycles. The first kappa shape index (κ1) is 66.8. The highest BCUT2D eigenvalue weighted by Gasteiger charge is 2.17. The van der Waals surface area contributed by atoms with Crippen LogP contribution in [-0.4, -0.2) is 75.1 Å². The summed E-state index contributed by atoms with van der Waals surface area (Å²) in [6.07, 6.45) is 29.3. The molecule has 2 aliphatic heterocycles. The fraction of sp³-hybridized carbons (Fsp3) is 0.631. The van der Waals surface area contributed by atoms with E-state index in [-0.39, 0.29) is 0 Å². The summed E-state index contributed by atoms with van der Waals surface area (Å²) in [5.74, 6) is 2.88. The predicted molar refractivity (Wildman–Crippen MR) is 310 cm³/mol. The van der Waals surface area contributed by atoms with E-state index in [1.807, 2.05) is 113 Å². The average molecular weight is 937 g/mol. The lowest BCUT2D eigenvalue weighted by Crippen LogP contribution is -2.42. The number of hydrogen-bond acceptors (Lipinski definition) is 3. The molecule has 0 atom stereocenters. The smallest absolute Gasteiger partial charge is 0.0107 e. The molecule has 6 aliphatic rings. The maximum Gasteiger partial charge on any atom is 0.0107 e. The lowest BCUT2D eigenvalue weighted by Gasteiger charge is -2.28. The second-order valence-corrected chi connectivity index (χ2v) is 19.1. The molecular formula is C65H113N3. The van der Waals surface area contributed by atoms with E-state index < -0.39 is 0 Å². The monoisotopic (exact) mass is 936 g/mol. The minimum absolute atomic E-state index is 0.659. The Balaban J connectivity index is 0. The van der Waals surface area contributed by atoms with Gasteiger partial charge in [-0.3, -0.25) is 0 Å². The van der Waals surface area contributed by atoms with Gasteiger partial charge in [0.05, 0.1) is 0 Å². The highest BCUT2D eigenvalue weighted by atomic mass is 15.2. The summed E-state index contributed by atoms with van der Waals surface area (Å²) in [5.41, 5.74) is 2.82. The zero-order valence-corrected chi connectivity index (χ0v) is 47.2. The first-order valence-electron chi connectivity index (χ1n) is 28.4. The molecule has 3 heteroatoms. The molecule has 10 rings (SSSR count). The molecule has 68 heavy (non-hydrogen) atoms. The van der Waals surface area contributed by atoms with Crippen LogP contribution in [0.15, 0.2) is 133 Å². The molecule has 4 aliphatic carbocycles. The molecule has 0 radical (unpaired) electrons. The van der Waals surface area contributed by atoms with Gasteiger partial charge in [-0.15, -0.1) is 0 Å². The van der Waals surface area contributed by atoms with Crippen molar-refractivity contribution in [3.63, 3.8) is 0 Å². The van der Waals surface area contributed by atoms with Gasteiger partial charge in [-0.25, -0.2) is 0 Å². The number of aryl methyl sites for hydroxylation is 1. The third kappa shape index (κ3) is 52.1. The molecule has 2 saturated heterocycles. The van der Waals surface area contributed by atoms with Crippen molar-refractivity contribution in [2.75, 3.05) is 60.4 Å². The van der Waals surface area contributed by atoms with Crippen LogP contribution in [0.25, 0.3) is 0 Å². The molecule has 2 heterocycles. The van der Waals surface area contributed by atoms with Crippen molar-refractivity contribution in [3.05, 3.63) is 145 Å². The Bertz CT molecular complexity index is 1300. The fourth-order valence-electron chi connectivity index (χ4n) is 6.92. The highest BCUT2D eigenvalue weighted by molar-refractivity contribution is 5.17. The van der Waals surface area contributed by atoms with Crippen molar-refractivity contribution < 1.29 is 0 Å². The molecule has 4 aromatic rings. The quantitative estimate of drug-likeness (QED) is 0.203. The summed E-state index contributed by atoms with van der Waals surface area (Å²) < 4.78 is 0. The van der Waals surface area contributed by atoms with Crippen LogP contribution in [-0.2, 0) is 6.42 Å². The zero-order valence-electron chi connectivity index (χ0n) is 47.2. The molecule has 0 spiro atoms. The molecule has 0 unspecified atom stereocenters. The molecule has 4 saturated carbocycles. The topological polar surface area (TPSA) is 9.72 Å². The molecule has 3 nitrogen and oxygen atoms in total. The van der Waals surface area contributed by atoms with Crippen molar-refractivity contribution in [1.29, 1.82) is 0 Å². The first-order chi connectivity index (χ1) is 33.2. The van der Waals surface area contributed by atoms with Gasteiger partial charge in [0.15, 0.2) is 0 Å². The molecule has 0 bridgehead atoms. The van der Waals surface area contributed by atoms with Crippen molar-refractivity contribution in [1.82, 2.24) is 14.7 Å². The van der Waals surface area contributed by atoms with Crippen LogP contribution in [0, 0.1) is 11.8 Å². The molecule has 388 valence electrons. The van der Waals surface area contributed by atoms with Gasteiger partial charge < -0.3 is 14.7 Å². The van der Waals surface area contributed by atoms with Crippen molar-refractivity contribution >= 4 is 0 Å². The van der Waals surface area contributed by atoms with Gasteiger partial charge in [0, 0.05) is 26.2 Å². The highest BCUT2D eigenvalue weighted by Crippen LogP contribution is 2.31. The summed E-state index contributed by atoms with van der Waals surface area (Å²) in [6.45, 7) is 26.7. The number of likely N-dealkylation sites (N-methyl/N-ethyl adjacent to an activating group) is 2. The average Bonchev–Trinajstić information content (AvgIpc) is 4.36. The van der Waals surface area contributed by atoms with Gasteiger partial charge in [-0.05, 0) is 82.4 Å². The van der Waals surface area contributed by atoms with Crippen LogP contribution in [0.5, 0.6) is 0 Å². The number of benzene rings is 4. The van der Waals surface area contributed by atoms with Gasteiger partial charge in [0.1, 0.15) is 0 Å². The Labute approximate surface area is 426 Å². The summed E-state index contributed by atoms with van der Waals surface area (Å²) in [5, 5.41) is 0. The number of nitrogens with zero attached hydrogens (tertiary/aromatic N) is 3. The Hall–Kier alpha value is -3.24. The minimum Gasteiger partial charge on any atom is -0.306 e. The van der Waals surface area contributed by atoms with Gasteiger partial charge in [0.25, 0.3) is 0 Å². The Morgan fingerprint density at radius 3 is 0.794 bits per heavy atom. The third-order valence-electron chi connectivity index (χ3n) is 12.2. The summed E-state index contributed by atoms with van der Waals surface area (Å²) in [6, 6.07) is 45.0. The van der Waals surface area contributed by atoms with E-state index in [4.69, 9.17) is 0 Å². The summed E-state index contributed by atoms with van der Waals surface area (Å²) in [7, 11) is 6.54. The molecule has 0 amide bonds. The van der Waals surface area contributed by atoms with Gasteiger partial charge in [-0.2, -0.15) is 0 Å². The lowest BCUT2D eigenvalue weighted by atomic mass is 10.0. The lowest BCUT2D eigenvalue weighted by molar-refractivity contribution is 0.181. The van der Waals surface area contributed by atoms with Crippen molar-refractivity contribution in [2.45, 2.75) is 197 Å². The molecular weight excluding hydrogens is 823 g/mol. The standard InChI is InChI=1S/C9H12.C8H10.C6H14N2.C6H13N.C6H12.2C6H6.2C5H10.C4H8.2C2H6/c1-8(2)9-6-4-3-5-7-9;1-2-8-6-4-3-5-7-8;1-7-3-5-8(2)6-4-7;1-7-5-3-2-4-6-7;3*1-2-4-6-5-3-1;1-2-5-3-4-5;1-2-4-5-3-1;1-4-2-3-4;2*1-2/h3-8H,1-2H3;3-7H,2H2,1H3;3-6H2,1-2H3;2-6H2,1H3;1-6H2;2*1-6H;5H,2-4H2,1H3;1-5H2;4H,2-3H2,1H3;2*1-2H3. The largest absolute Gasteiger partial charge is 0.306 e. The van der Waals surface area contributed by atoms with E-state index in [0.717, 1.165) is 18.3 Å². The predicted octanol–water partition coefficient (Wildman–Crippen LogP) is 19.0. The Morgan fingerprint density at radius 2 is 0.632 bits per heavy atom. The van der Waals surface area contributed by atoms with Crippen LogP contribution in [0.2, 0.25) is 0 Å². The minimum atomic E-state index is 0.659. The number of rotatable bonds is 3. The van der Waals surface area contributed by atoms with Crippen LogP contribution in [0.1, 0.15) is 201 Å². The van der Waals surface area contributed by atoms with Crippen LogP contribution >= 0.6 is 0 Å². The summed E-state index contributed by atoms with van der Waals surface area (Å²) >= 11 is 0. The maximum absolute atomic E-state index is 2.39. The first-order valence-corrected chi connectivity index (χ1v) is 28.4. The normalized spacial score (nSPS) is 16.8. The molecule has 0 aromatic heterocycles. The van der Waals surface area contributed by atoms with Crippen molar-refractivity contribution in [2.24, 2.45) is 11.8 Å². The zero-order chi connectivity index (χ0) is 50.6. The van der Waals surface area contributed by atoms with Crippen molar-refractivity contribution in [3.8, 4) is 0 Å². The summed E-state index contributed by atoms with van der Waals surface area (Å²) in [4.78, 5) is 7.11. The third-order valence-corrected chi connectivity index (χ3v) is 12.2. The number of piperazine rings is 1. The molecule has 6 fully saturated rings. The number of piperidine rings is 1. The van der Waals surface area contributed by atoms with E-state index in [2.05, 4.69) is 119 Å². The van der Waals surface area contributed by atoms with E-state index in [1.165, 1.54) is 172 Å². The van der Waals surface area contributed by atoms with Crippen LogP contribution in [0.4, 0.5) is 0 Å². The second kappa shape index (κ2) is 53.1. The van der Waals surface area contributed by atoms with Gasteiger partial charge in [0.2, 0.25) is 0 Å². The van der Waals surface area contributed by atoms with Gasteiger partial charge in [-0.1, -0.05) is 305 Å². The van der Waals surface area contributed by atoms with Crippen LogP contribution in [0.3, 0.4) is 0 Å². The van der Waals surface area contributed by atoms with Gasteiger partial charge >= 0.3 is 0 Å². The Morgan fingerprint density at radius 1 is 0.382 bits per heavy atom. The van der Waals surface area contributed by atoms with E-state index >= 15 is 0 Å². The van der Waals surface area contributed by atoms with Crippen LogP contribution < -0.4 is 0 Å². The second-order valence-electron chi connectivity index (χ2n) is 19.1. The van der Waals surface area contributed by atoms with E-state index in [1.54, 1.807) is 0 Å². The fourth-order valence-corrected chi connectivity index (χ4v) is 6.92. The number of hydrogen-bond donors (Lipinski definition) is 0. The van der Waals surface area contributed by atoms with E-state index in [0.29, 0.717) is 5.92 Å². The Kier molecular flexibility index (Phi) is 52.2. The molecule has 0 N–H and O–H groups in total.